The number of amides is 1. The van der Waals surface area contributed by atoms with Gasteiger partial charge in [-0.15, -0.1) is 0 Å². The first-order chi connectivity index (χ1) is 7.99. The molecule has 0 radical (unpaired) electrons. The fourth-order valence-corrected chi connectivity index (χ4v) is 2.26. The van der Waals surface area contributed by atoms with Crippen molar-refractivity contribution in [2.24, 2.45) is 11.1 Å². The maximum atomic E-state index is 11.9. The lowest BCUT2D eigenvalue weighted by Gasteiger charge is -2.38. The Bertz CT molecular complexity index is 332. The third kappa shape index (κ3) is 2.14. The summed E-state index contributed by atoms with van der Waals surface area (Å²) in [6.07, 6.45) is 2.63. The van der Waals surface area contributed by atoms with E-state index in [0.29, 0.717) is 25.9 Å². The van der Waals surface area contributed by atoms with Crippen molar-refractivity contribution in [2.45, 2.75) is 31.2 Å². The predicted molar refractivity (Wildman–Crippen MR) is 59.3 cm³/mol. The van der Waals surface area contributed by atoms with E-state index in [4.69, 9.17) is 15.6 Å². The first-order valence-electron chi connectivity index (χ1n) is 5.87. The Morgan fingerprint density at radius 2 is 2.06 bits per heavy atom. The van der Waals surface area contributed by atoms with Gasteiger partial charge in [0.25, 0.3) is 0 Å². The quantitative estimate of drug-likeness (QED) is 0.615. The van der Waals surface area contributed by atoms with Gasteiger partial charge in [-0.3, -0.25) is 9.59 Å². The summed E-state index contributed by atoms with van der Waals surface area (Å²) in [5.74, 6) is -1.14. The molecule has 4 N–H and O–H groups in total. The second kappa shape index (κ2) is 4.27. The van der Waals surface area contributed by atoms with E-state index < -0.39 is 16.9 Å². The molecular formula is C11H18N2O4. The SMILES string of the molecule is NC1(C(=O)NCC2(C(=O)O)CCC2)CCOC1. The van der Waals surface area contributed by atoms with Gasteiger partial charge in [-0.1, -0.05) is 6.42 Å². The van der Waals surface area contributed by atoms with E-state index in [1.54, 1.807) is 0 Å². The summed E-state index contributed by atoms with van der Waals surface area (Å²) >= 11 is 0. The van der Waals surface area contributed by atoms with Crippen LogP contribution in [0, 0.1) is 5.41 Å². The van der Waals surface area contributed by atoms with Crippen LogP contribution in [0.5, 0.6) is 0 Å². The minimum atomic E-state index is -0.983. The first-order valence-corrected chi connectivity index (χ1v) is 5.87. The molecule has 1 unspecified atom stereocenters. The van der Waals surface area contributed by atoms with Crippen LogP contribution in [0.15, 0.2) is 0 Å². The molecular weight excluding hydrogens is 224 g/mol. The van der Waals surface area contributed by atoms with E-state index in [2.05, 4.69) is 5.32 Å². The molecule has 96 valence electrons. The molecule has 2 aliphatic rings. The number of hydrogen-bond acceptors (Lipinski definition) is 4. The Morgan fingerprint density at radius 3 is 2.47 bits per heavy atom. The normalized spacial score (nSPS) is 30.6. The summed E-state index contributed by atoms with van der Waals surface area (Å²) < 4.78 is 5.10. The highest BCUT2D eigenvalue weighted by molar-refractivity contribution is 5.87. The van der Waals surface area contributed by atoms with Crippen molar-refractivity contribution in [3.8, 4) is 0 Å². The van der Waals surface area contributed by atoms with Gasteiger partial charge in [-0.25, -0.2) is 0 Å². The van der Waals surface area contributed by atoms with Crippen molar-refractivity contribution < 1.29 is 19.4 Å². The van der Waals surface area contributed by atoms with Crippen LogP contribution in [0.1, 0.15) is 25.7 Å². The zero-order chi connectivity index (χ0) is 12.5. The fourth-order valence-electron chi connectivity index (χ4n) is 2.26. The minimum Gasteiger partial charge on any atom is -0.481 e. The molecule has 1 saturated carbocycles. The van der Waals surface area contributed by atoms with Crippen LogP contribution in [0.3, 0.4) is 0 Å². The van der Waals surface area contributed by atoms with Crippen LogP contribution in [0.4, 0.5) is 0 Å². The number of carboxylic acids is 1. The molecule has 1 atom stereocenters. The molecule has 2 fully saturated rings. The van der Waals surface area contributed by atoms with Gasteiger partial charge >= 0.3 is 5.97 Å². The molecule has 1 saturated heterocycles. The zero-order valence-electron chi connectivity index (χ0n) is 9.70. The standard InChI is InChI=1S/C11H18N2O4/c12-11(4-5-17-7-11)8(14)13-6-10(9(15)16)2-1-3-10/h1-7,12H2,(H,13,14)(H,15,16). The molecule has 0 aromatic carbocycles. The molecule has 1 aliphatic heterocycles. The Kier molecular flexibility index (Phi) is 3.09. The largest absolute Gasteiger partial charge is 0.481 e. The van der Waals surface area contributed by atoms with Gasteiger partial charge in [0.2, 0.25) is 5.91 Å². The summed E-state index contributed by atoms with van der Waals surface area (Å²) in [5.41, 5.74) is 4.13. The van der Waals surface area contributed by atoms with E-state index in [-0.39, 0.29) is 19.1 Å². The van der Waals surface area contributed by atoms with Crippen molar-refractivity contribution in [2.75, 3.05) is 19.8 Å². The first kappa shape index (κ1) is 12.3. The Morgan fingerprint density at radius 1 is 1.35 bits per heavy atom. The summed E-state index contributed by atoms with van der Waals surface area (Å²) in [5, 5.41) is 11.8. The van der Waals surface area contributed by atoms with Gasteiger partial charge in [0.1, 0.15) is 5.54 Å². The third-order valence-corrected chi connectivity index (χ3v) is 3.86. The second-order valence-corrected chi connectivity index (χ2v) is 5.08. The maximum absolute atomic E-state index is 11.9. The number of ether oxygens (including phenoxy) is 1. The van der Waals surface area contributed by atoms with E-state index in [1.807, 2.05) is 0 Å². The monoisotopic (exact) mass is 242 g/mol. The average Bonchev–Trinajstić information content (AvgIpc) is 2.64. The Balaban J connectivity index is 1.89. The van der Waals surface area contributed by atoms with Gasteiger partial charge in [0.15, 0.2) is 0 Å². The number of aliphatic carboxylic acids is 1. The van der Waals surface area contributed by atoms with E-state index in [1.165, 1.54) is 0 Å². The van der Waals surface area contributed by atoms with Gasteiger partial charge in [0.05, 0.1) is 12.0 Å². The minimum absolute atomic E-state index is 0.167. The highest BCUT2D eigenvalue weighted by atomic mass is 16.5. The molecule has 1 aliphatic carbocycles. The Labute approximate surface area is 99.5 Å². The number of nitrogens with one attached hydrogen (secondary N) is 1. The topological polar surface area (TPSA) is 102 Å². The van der Waals surface area contributed by atoms with Gasteiger partial charge < -0.3 is 20.9 Å². The number of nitrogens with two attached hydrogens (primary N) is 1. The molecule has 17 heavy (non-hydrogen) atoms. The second-order valence-electron chi connectivity index (χ2n) is 5.08. The lowest BCUT2D eigenvalue weighted by Crippen LogP contribution is -2.57. The lowest BCUT2D eigenvalue weighted by atomic mass is 9.68. The lowest BCUT2D eigenvalue weighted by molar-refractivity contribution is -0.154. The van der Waals surface area contributed by atoms with Crippen molar-refractivity contribution in [3.63, 3.8) is 0 Å². The fraction of sp³-hybridized carbons (Fsp3) is 0.818. The van der Waals surface area contributed by atoms with Crippen molar-refractivity contribution in [1.29, 1.82) is 0 Å². The maximum Gasteiger partial charge on any atom is 0.311 e. The number of rotatable bonds is 4. The molecule has 6 heteroatoms. The number of carbonyl (C=O) groups excluding carboxylic acids is 1. The van der Waals surface area contributed by atoms with Crippen LogP contribution >= 0.6 is 0 Å². The molecule has 0 spiro atoms. The molecule has 1 amide bonds. The van der Waals surface area contributed by atoms with Gasteiger partial charge in [-0.2, -0.15) is 0 Å². The van der Waals surface area contributed by atoms with Crippen LogP contribution in [0.25, 0.3) is 0 Å². The van der Waals surface area contributed by atoms with Gasteiger partial charge in [0, 0.05) is 13.2 Å². The van der Waals surface area contributed by atoms with Crippen LogP contribution < -0.4 is 11.1 Å². The Hall–Kier alpha value is -1.14. The van der Waals surface area contributed by atoms with Crippen LogP contribution in [0.2, 0.25) is 0 Å². The number of carboxylic acid groups (broad SMARTS) is 1. The zero-order valence-corrected chi connectivity index (χ0v) is 9.70. The molecule has 0 aromatic rings. The van der Waals surface area contributed by atoms with Crippen molar-refractivity contribution >= 4 is 11.9 Å². The van der Waals surface area contributed by atoms with Crippen molar-refractivity contribution in [3.05, 3.63) is 0 Å². The summed E-state index contributed by atoms with van der Waals surface area (Å²) in [7, 11) is 0. The van der Waals surface area contributed by atoms with E-state index >= 15 is 0 Å². The molecule has 1 heterocycles. The van der Waals surface area contributed by atoms with Gasteiger partial charge in [-0.05, 0) is 19.3 Å². The molecule has 0 bridgehead atoms. The smallest absolute Gasteiger partial charge is 0.311 e. The predicted octanol–water partition coefficient (Wildman–Crippen LogP) is -0.525. The summed E-state index contributed by atoms with van der Waals surface area (Å²) in [6.45, 7) is 0.854. The van der Waals surface area contributed by atoms with E-state index in [9.17, 15) is 9.59 Å². The molecule has 0 aromatic heterocycles. The summed E-state index contributed by atoms with van der Waals surface area (Å²) in [4.78, 5) is 23.0. The highest BCUT2D eigenvalue weighted by Crippen LogP contribution is 2.40. The summed E-state index contributed by atoms with van der Waals surface area (Å²) in [6, 6.07) is 0. The number of carbonyl (C=O) groups is 2. The molecule has 2 rings (SSSR count). The number of hydrogen-bond donors (Lipinski definition) is 3. The molecule has 6 nitrogen and oxygen atoms in total. The van der Waals surface area contributed by atoms with Crippen molar-refractivity contribution in [1.82, 2.24) is 5.32 Å². The van der Waals surface area contributed by atoms with E-state index in [0.717, 1.165) is 6.42 Å². The average molecular weight is 242 g/mol. The highest BCUT2D eigenvalue weighted by Gasteiger charge is 2.46. The van der Waals surface area contributed by atoms with Crippen LogP contribution in [-0.4, -0.2) is 42.3 Å². The van der Waals surface area contributed by atoms with Crippen LogP contribution in [-0.2, 0) is 14.3 Å². The third-order valence-electron chi connectivity index (χ3n) is 3.86.